The fraction of sp³-hybridized carbons (Fsp3) is 0.529. The van der Waals surface area contributed by atoms with E-state index in [0.717, 1.165) is 43.7 Å². The SMILES string of the molecule is CCCN1C(=O)Cc2cc(C(=O)NC[C@@H]3CCCO3)ccc21. The molecular weight excluding hydrogens is 280 g/mol. The van der Waals surface area contributed by atoms with Crippen molar-refractivity contribution in [3.05, 3.63) is 29.3 Å². The number of carbonyl (C=O) groups excluding carboxylic acids is 2. The molecule has 5 heteroatoms. The van der Waals surface area contributed by atoms with E-state index in [1.807, 2.05) is 17.0 Å². The second-order valence-electron chi connectivity index (χ2n) is 5.91. The van der Waals surface area contributed by atoms with E-state index in [-0.39, 0.29) is 17.9 Å². The van der Waals surface area contributed by atoms with Crippen LogP contribution < -0.4 is 10.2 Å². The van der Waals surface area contributed by atoms with Gasteiger partial charge in [0.1, 0.15) is 0 Å². The van der Waals surface area contributed by atoms with Crippen LogP contribution >= 0.6 is 0 Å². The number of nitrogens with one attached hydrogen (secondary N) is 1. The zero-order chi connectivity index (χ0) is 15.5. The number of nitrogens with zero attached hydrogens (tertiary/aromatic N) is 1. The van der Waals surface area contributed by atoms with Gasteiger partial charge in [0.2, 0.25) is 5.91 Å². The molecule has 118 valence electrons. The predicted octanol–water partition coefficient (Wildman–Crippen LogP) is 1.89. The average Bonchev–Trinajstić information content (AvgIpc) is 3.13. The van der Waals surface area contributed by atoms with Gasteiger partial charge >= 0.3 is 0 Å². The Labute approximate surface area is 130 Å². The van der Waals surface area contributed by atoms with Crippen molar-refractivity contribution in [1.29, 1.82) is 0 Å². The van der Waals surface area contributed by atoms with Gasteiger partial charge in [0, 0.05) is 30.9 Å². The quantitative estimate of drug-likeness (QED) is 0.903. The monoisotopic (exact) mass is 302 g/mol. The minimum atomic E-state index is -0.0975. The van der Waals surface area contributed by atoms with E-state index in [1.165, 1.54) is 0 Å². The van der Waals surface area contributed by atoms with Gasteiger partial charge in [0.15, 0.2) is 0 Å². The average molecular weight is 302 g/mol. The van der Waals surface area contributed by atoms with Gasteiger partial charge in [0.05, 0.1) is 12.5 Å². The number of benzene rings is 1. The van der Waals surface area contributed by atoms with Crippen molar-refractivity contribution in [3.8, 4) is 0 Å². The number of fused-ring (bicyclic) bond motifs is 1. The van der Waals surface area contributed by atoms with Crippen molar-refractivity contribution in [2.45, 2.75) is 38.7 Å². The molecule has 3 rings (SSSR count). The molecule has 1 atom stereocenters. The summed E-state index contributed by atoms with van der Waals surface area (Å²) in [6.45, 7) is 4.13. The highest BCUT2D eigenvalue weighted by Gasteiger charge is 2.27. The highest BCUT2D eigenvalue weighted by Crippen LogP contribution is 2.29. The first-order chi connectivity index (χ1) is 10.7. The predicted molar refractivity (Wildman–Crippen MR) is 84.1 cm³/mol. The highest BCUT2D eigenvalue weighted by atomic mass is 16.5. The minimum Gasteiger partial charge on any atom is -0.376 e. The number of carbonyl (C=O) groups is 2. The summed E-state index contributed by atoms with van der Waals surface area (Å²) in [6, 6.07) is 5.52. The lowest BCUT2D eigenvalue weighted by atomic mass is 10.1. The normalized spacial score (nSPS) is 20.3. The molecule has 2 aliphatic rings. The molecule has 1 aromatic carbocycles. The summed E-state index contributed by atoms with van der Waals surface area (Å²) in [6.07, 6.45) is 3.52. The molecule has 0 spiro atoms. The molecule has 0 radical (unpaired) electrons. The Morgan fingerprint density at radius 1 is 1.45 bits per heavy atom. The molecule has 22 heavy (non-hydrogen) atoms. The molecule has 0 unspecified atom stereocenters. The summed E-state index contributed by atoms with van der Waals surface area (Å²) < 4.78 is 5.50. The van der Waals surface area contributed by atoms with Crippen molar-refractivity contribution >= 4 is 17.5 Å². The van der Waals surface area contributed by atoms with Crippen LogP contribution in [0.2, 0.25) is 0 Å². The van der Waals surface area contributed by atoms with Crippen LogP contribution in [0, 0.1) is 0 Å². The fourth-order valence-electron chi connectivity index (χ4n) is 3.11. The van der Waals surface area contributed by atoms with Crippen LogP contribution in [0.5, 0.6) is 0 Å². The summed E-state index contributed by atoms with van der Waals surface area (Å²) >= 11 is 0. The molecule has 2 aliphatic heterocycles. The Morgan fingerprint density at radius 2 is 2.32 bits per heavy atom. The standard InChI is InChI=1S/C17H22N2O3/c1-2-7-19-15-6-5-12(9-13(15)10-16(19)20)17(21)18-11-14-4-3-8-22-14/h5-6,9,14H,2-4,7-8,10-11H2,1H3,(H,18,21)/t14-/m0/s1. The summed E-state index contributed by atoms with van der Waals surface area (Å²) in [5.41, 5.74) is 2.51. The second kappa shape index (κ2) is 6.48. The lowest BCUT2D eigenvalue weighted by Crippen LogP contribution is -2.31. The van der Waals surface area contributed by atoms with Crippen molar-refractivity contribution < 1.29 is 14.3 Å². The van der Waals surface area contributed by atoms with Gasteiger partial charge in [-0.3, -0.25) is 9.59 Å². The Morgan fingerprint density at radius 3 is 3.05 bits per heavy atom. The van der Waals surface area contributed by atoms with Crippen molar-refractivity contribution in [3.63, 3.8) is 0 Å². The first kappa shape index (κ1) is 15.0. The third-order valence-corrected chi connectivity index (χ3v) is 4.24. The summed E-state index contributed by atoms with van der Waals surface area (Å²) in [4.78, 5) is 26.0. The van der Waals surface area contributed by atoms with Crippen molar-refractivity contribution in [2.75, 3.05) is 24.6 Å². The maximum Gasteiger partial charge on any atom is 0.251 e. The van der Waals surface area contributed by atoms with E-state index in [1.54, 1.807) is 6.07 Å². The second-order valence-corrected chi connectivity index (χ2v) is 5.91. The zero-order valence-electron chi connectivity index (χ0n) is 12.9. The minimum absolute atomic E-state index is 0.0975. The van der Waals surface area contributed by atoms with E-state index >= 15 is 0 Å². The van der Waals surface area contributed by atoms with E-state index in [2.05, 4.69) is 12.2 Å². The van der Waals surface area contributed by atoms with E-state index in [4.69, 9.17) is 4.74 Å². The highest BCUT2D eigenvalue weighted by molar-refractivity contribution is 6.03. The van der Waals surface area contributed by atoms with Gasteiger partial charge in [-0.2, -0.15) is 0 Å². The van der Waals surface area contributed by atoms with Gasteiger partial charge in [-0.15, -0.1) is 0 Å². The van der Waals surface area contributed by atoms with Crippen molar-refractivity contribution in [1.82, 2.24) is 5.32 Å². The number of hydrogen-bond donors (Lipinski definition) is 1. The van der Waals surface area contributed by atoms with Gasteiger partial charge < -0.3 is 15.0 Å². The molecule has 1 fully saturated rings. The smallest absolute Gasteiger partial charge is 0.251 e. The number of hydrogen-bond acceptors (Lipinski definition) is 3. The summed E-state index contributed by atoms with van der Waals surface area (Å²) in [5, 5.41) is 2.92. The molecule has 1 aromatic rings. The maximum absolute atomic E-state index is 12.2. The van der Waals surface area contributed by atoms with Gasteiger partial charge in [-0.25, -0.2) is 0 Å². The largest absolute Gasteiger partial charge is 0.376 e. The molecule has 0 aromatic heterocycles. The Balaban J connectivity index is 1.67. The number of rotatable bonds is 5. The third-order valence-electron chi connectivity index (χ3n) is 4.24. The van der Waals surface area contributed by atoms with Crippen LogP contribution in [0.4, 0.5) is 5.69 Å². The molecule has 0 saturated carbocycles. The van der Waals surface area contributed by atoms with Gasteiger partial charge in [-0.05, 0) is 43.0 Å². The summed E-state index contributed by atoms with van der Waals surface area (Å²) in [5.74, 6) is 0.0217. The summed E-state index contributed by atoms with van der Waals surface area (Å²) in [7, 11) is 0. The number of anilines is 1. The van der Waals surface area contributed by atoms with Crippen LogP contribution in [0.3, 0.4) is 0 Å². The molecule has 0 aliphatic carbocycles. The van der Waals surface area contributed by atoms with Crippen LogP contribution in [0.1, 0.15) is 42.1 Å². The van der Waals surface area contributed by atoms with E-state index in [9.17, 15) is 9.59 Å². The lowest BCUT2D eigenvalue weighted by molar-refractivity contribution is -0.117. The van der Waals surface area contributed by atoms with Crippen LogP contribution in [-0.4, -0.2) is 37.6 Å². The van der Waals surface area contributed by atoms with Crippen molar-refractivity contribution in [2.24, 2.45) is 0 Å². The zero-order valence-corrected chi connectivity index (χ0v) is 12.9. The molecule has 1 saturated heterocycles. The topological polar surface area (TPSA) is 58.6 Å². The van der Waals surface area contributed by atoms with Crippen LogP contribution in [-0.2, 0) is 16.0 Å². The fourth-order valence-corrected chi connectivity index (χ4v) is 3.11. The number of ether oxygens (including phenoxy) is 1. The van der Waals surface area contributed by atoms with E-state index in [0.29, 0.717) is 18.5 Å². The Kier molecular flexibility index (Phi) is 4.43. The molecule has 5 nitrogen and oxygen atoms in total. The molecule has 1 N–H and O–H groups in total. The molecule has 2 amide bonds. The van der Waals surface area contributed by atoms with E-state index < -0.39 is 0 Å². The lowest BCUT2D eigenvalue weighted by Gasteiger charge is -2.16. The number of amides is 2. The van der Waals surface area contributed by atoms with Gasteiger partial charge in [-0.1, -0.05) is 6.92 Å². The molecular formula is C17H22N2O3. The first-order valence-electron chi connectivity index (χ1n) is 8.02. The Hall–Kier alpha value is -1.88. The molecule has 2 heterocycles. The van der Waals surface area contributed by atoms with Crippen LogP contribution in [0.25, 0.3) is 0 Å². The Bertz CT molecular complexity index is 579. The van der Waals surface area contributed by atoms with Gasteiger partial charge in [0.25, 0.3) is 5.91 Å². The van der Waals surface area contributed by atoms with Crippen LogP contribution in [0.15, 0.2) is 18.2 Å². The third kappa shape index (κ3) is 2.99. The molecule has 0 bridgehead atoms. The first-order valence-corrected chi connectivity index (χ1v) is 8.02. The maximum atomic E-state index is 12.2.